The quantitative estimate of drug-likeness (QED) is 0.155. The summed E-state index contributed by atoms with van der Waals surface area (Å²) < 4.78 is 19.8. The molecular weight excluding hydrogens is 686 g/mol. The first kappa shape index (κ1) is 35.5. The van der Waals surface area contributed by atoms with Crippen molar-refractivity contribution >= 4 is 34.8 Å². The first-order chi connectivity index (χ1) is 26.4. The van der Waals surface area contributed by atoms with E-state index in [1.807, 2.05) is 66.7 Å². The standard InChI is InChI=1S/C41H35N7O6/c1-2-43-38(49)34-33(53-40(50)28-19-11-5-12-20-28)35(54-41(51)29-21-13-6-14-22-29)39(52-34)48-25-45-32-36(46-31(23-42)47-37(32)48)44-24-30(26-15-7-3-8-16-26)27-17-9-4-10-18-27/h3-22,25,30,33-35,39H,2,24H2,1H3,(H,43,49)(H,44,46,47)/t33?,34-,35?,39?/m0/s1. The summed E-state index contributed by atoms with van der Waals surface area (Å²) in [5.74, 6) is -2.02. The number of carbonyl (C=O) groups excluding carboxylic acids is 3. The number of anilines is 1. The Hall–Kier alpha value is -6.91. The molecule has 0 bridgehead atoms. The molecule has 0 saturated carbocycles. The Balaban J connectivity index is 1.28. The Kier molecular flexibility index (Phi) is 10.6. The average molecular weight is 722 g/mol. The number of aromatic nitrogens is 4. The molecular formula is C41H35N7O6. The molecule has 13 nitrogen and oxygen atoms in total. The molecule has 54 heavy (non-hydrogen) atoms. The highest BCUT2D eigenvalue weighted by Gasteiger charge is 2.54. The Morgan fingerprint density at radius 2 is 1.33 bits per heavy atom. The zero-order valence-electron chi connectivity index (χ0n) is 29.1. The highest BCUT2D eigenvalue weighted by molar-refractivity contribution is 5.91. The van der Waals surface area contributed by atoms with Crippen molar-refractivity contribution in [2.75, 3.05) is 18.4 Å². The maximum absolute atomic E-state index is 13.6. The molecule has 7 rings (SSSR count). The van der Waals surface area contributed by atoms with Crippen molar-refractivity contribution in [2.24, 2.45) is 0 Å². The third kappa shape index (κ3) is 7.50. The fraction of sp³-hybridized carbons (Fsp3) is 0.195. The van der Waals surface area contributed by atoms with Crippen molar-refractivity contribution in [1.82, 2.24) is 24.8 Å². The van der Waals surface area contributed by atoms with Gasteiger partial charge in [-0.1, -0.05) is 97.1 Å². The van der Waals surface area contributed by atoms with Gasteiger partial charge in [0, 0.05) is 19.0 Å². The molecule has 3 heterocycles. The molecule has 2 aromatic heterocycles. The number of rotatable bonds is 12. The highest BCUT2D eigenvalue weighted by atomic mass is 16.6. The minimum atomic E-state index is -1.40. The summed E-state index contributed by atoms with van der Waals surface area (Å²) in [5.41, 5.74) is 3.06. The van der Waals surface area contributed by atoms with E-state index in [-0.39, 0.29) is 40.9 Å². The average Bonchev–Trinajstić information content (AvgIpc) is 3.80. The number of ether oxygens (including phenoxy) is 3. The number of nitrogens with zero attached hydrogens (tertiary/aromatic N) is 5. The van der Waals surface area contributed by atoms with Gasteiger partial charge in [-0.3, -0.25) is 9.36 Å². The lowest BCUT2D eigenvalue weighted by atomic mass is 9.91. The number of esters is 2. The third-order valence-corrected chi connectivity index (χ3v) is 8.98. The molecule has 1 fully saturated rings. The van der Waals surface area contributed by atoms with Gasteiger partial charge in [0.25, 0.3) is 5.91 Å². The molecule has 1 amide bonds. The predicted octanol–water partition coefficient (Wildman–Crippen LogP) is 5.43. The van der Waals surface area contributed by atoms with Gasteiger partial charge in [-0.05, 0) is 42.3 Å². The van der Waals surface area contributed by atoms with Crippen molar-refractivity contribution in [1.29, 1.82) is 5.26 Å². The number of amides is 1. The summed E-state index contributed by atoms with van der Waals surface area (Å²) in [7, 11) is 0. The van der Waals surface area contributed by atoms with E-state index in [1.54, 1.807) is 67.6 Å². The van der Waals surface area contributed by atoms with Gasteiger partial charge in [-0.2, -0.15) is 15.2 Å². The summed E-state index contributed by atoms with van der Waals surface area (Å²) in [5, 5.41) is 16.1. The van der Waals surface area contributed by atoms with Gasteiger partial charge >= 0.3 is 11.9 Å². The lowest BCUT2D eigenvalue weighted by molar-refractivity contribution is -0.137. The molecule has 4 aromatic carbocycles. The van der Waals surface area contributed by atoms with Crippen LogP contribution in [0.5, 0.6) is 0 Å². The summed E-state index contributed by atoms with van der Waals surface area (Å²) in [4.78, 5) is 54.1. The van der Waals surface area contributed by atoms with E-state index < -0.39 is 42.4 Å². The maximum atomic E-state index is 13.6. The van der Waals surface area contributed by atoms with Crippen LogP contribution in [-0.2, 0) is 19.0 Å². The molecule has 0 spiro atoms. The van der Waals surface area contributed by atoms with Crippen molar-refractivity contribution < 1.29 is 28.6 Å². The third-order valence-electron chi connectivity index (χ3n) is 8.98. The second-order valence-corrected chi connectivity index (χ2v) is 12.4. The number of hydrogen-bond donors (Lipinski definition) is 2. The van der Waals surface area contributed by atoms with Crippen LogP contribution in [0.2, 0.25) is 0 Å². The maximum Gasteiger partial charge on any atom is 0.338 e. The molecule has 1 aliphatic heterocycles. The van der Waals surface area contributed by atoms with Crippen molar-refractivity contribution in [3.8, 4) is 6.07 Å². The lowest BCUT2D eigenvalue weighted by Crippen LogP contribution is -2.46. The molecule has 2 N–H and O–H groups in total. The van der Waals surface area contributed by atoms with E-state index in [4.69, 9.17) is 14.2 Å². The number of likely N-dealkylation sites (N-methyl/N-ethyl adjacent to an activating group) is 1. The second kappa shape index (κ2) is 16.2. The second-order valence-electron chi connectivity index (χ2n) is 12.4. The van der Waals surface area contributed by atoms with Crippen LogP contribution in [0.15, 0.2) is 128 Å². The molecule has 1 saturated heterocycles. The number of fused-ring (bicyclic) bond motifs is 1. The summed E-state index contributed by atoms with van der Waals surface area (Å²) in [6.07, 6.45) is -4.04. The van der Waals surface area contributed by atoms with Crippen LogP contribution in [0.25, 0.3) is 11.2 Å². The van der Waals surface area contributed by atoms with Gasteiger partial charge in [-0.25, -0.2) is 14.6 Å². The molecule has 270 valence electrons. The normalized spacial score (nSPS) is 17.8. The number of imidazole rings is 1. The van der Waals surface area contributed by atoms with Crippen molar-refractivity contribution in [2.45, 2.75) is 37.4 Å². The van der Waals surface area contributed by atoms with Gasteiger partial charge in [-0.15, -0.1) is 0 Å². The van der Waals surface area contributed by atoms with Crippen LogP contribution < -0.4 is 10.6 Å². The van der Waals surface area contributed by atoms with Gasteiger partial charge in [0.2, 0.25) is 5.82 Å². The Bertz CT molecular complexity index is 2240. The van der Waals surface area contributed by atoms with E-state index in [0.717, 1.165) is 11.1 Å². The van der Waals surface area contributed by atoms with E-state index in [9.17, 15) is 19.6 Å². The van der Waals surface area contributed by atoms with E-state index >= 15 is 0 Å². The SMILES string of the molecule is CCNC(=O)[C@H]1OC(n2cnc3c(NCC(c4ccccc4)c4ccccc4)nc(C#N)nc32)C(OC(=O)c2ccccc2)C1OC(=O)c1ccccc1. The molecule has 0 aliphatic carbocycles. The summed E-state index contributed by atoms with van der Waals surface area (Å²) >= 11 is 0. The summed E-state index contributed by atoms with van der Waals surface area (Å²) in [6.45, 7) is 2.39. The molecule has 4 atom stereocenters. The smallest absolute Gasteiger partial charge is 0.338 e. The van der Waals surface area contributed by atoms with Crippen LogP contribution in [0.4, 0.5) is 5.82 Å². The fourth-order valence-electron chi connectivity index (χ4n) is 6.41. The van der Waals surface area contributed by atoms with E-state index in [2.05, 4.69) is 25.6 Å². The number of carbonyl (C=O) groups is 3. The van der Waals surface area contributed by atoms with Gasteiger partial charge in [0.1, 0.15) is 6.07 Å². The van der Waals surface area contributed by atoms with E-state index in [0.29, 0.717) is 12.1 Å². The molecule has 0 radical (unpaired) electrons. The number of benzene rings is 4. The first-order valence-corrected chi connectivity index (χ1v) is 17.4. The van der Waals surface area contributed by atoms with Crippen LogP contribution in [-0.4, -0.2) is 68.8 Å². The van der Waals surface area contributed by atoms with Gasteiger partial charge in [0.15, 0.2) is 41.5 Å². The van der Waals surface area contributed by atoms with Crippen LogP contribution in [0, 0.1) is 11.3 Å². The van der Waals surface area contributed by atoms with Crippen molar-refractivity contribution in [3.05, 3.63) is 156 Å². The minimum absolute atomic E-state index is 0.0807. The van der Waals surface area contributed by atoms with Gasteiger partial charge < -0.3 is 24.8 Å². The number of nitriles is 1. The topological polar surface area (TPSA) is 170 Å². The largest absolute Gasteiger partial charge is 0.451 e. The zero-order valence-corrected chi connectivity index (χ0v) is 29.1. The highest BCUT2D eigenvalue weighted by Crippen LogP contribution is 2.37. The number of hydrogen-bond acceptors (Lipinski definition) is 11. The van der Waals surface area contributed by atoms with Crippen LogP contribution in [0.3, 0.4) is 0 Å². The Morgan fingerprint density at radius 3 is 1.87 bits per heavy atom. The predicted molar refractivity (Wildman–Crippen MR) is 197 cm³/mol. The molecule has 13 heteroatoms. The van der Waals surface area contributed by atoms with E-state index in [1.165, 1.54) is 10.9 Å². The van der Waals surface area contributed by atoms with Crippen LogP contribution in [0.1, 0.15) is 56.7 Å². The van der Waals surface area contributed by atoms with Crippen molar-refractivity contribution in [3.63, 3.8) is 0 Å². The Morgan fingerprint density at radius 1 is 0.796 bits per heavy atom. The monoisotopic (exact) mass is 721 g/mol. The Labute approximate surface area is 310 Å². The van der Waals surface area contributed by atoms with Gasteiger partial charge in [0.05, 0.1) is 17.5 Å². The first-order valence-electron chi connectivity index (χ1n) is 17.4. The fourth-order valence-corrected chi connectivity index (χ4v) is 6.41. The molecule has 3 unspecified atom stereocenters. The summed E-state index contributed by atoms with van der Waals surface area (Å²) in [6, 6.07) is 38.5. The lowest BCUT2D eigenvalue weighted by Gasteiger charge is -2.24. The minimum Gasteiger partial charge on any atom is -0.451 e. The molecule has 1 aliphatic rings. The van der Waals surface area contributed by atoms with Crippen LogP contribution >= 0.6 is 0 Å². The molecule has 6 aromatic rings. The zero-order chi connectivity index (χ0) is 37.4. The number of nitrogens with one attached hydrogen (secondary N) is 2.